The fraction of sp³-hybridized carbons (Fsp3) is 0.462. The lowest BCUT2D eigenvalue weighted by atomic mass is 10.1. The minimum Gasteiger partial charge on any atom is -0.346 e. The topological polar surface area (TPSA) is 66.8 Å². The maximum atomic E-state index is 12.2. The zero-order chi connectivity index (χ0) is 14.1. The average molecular weight is 294 g/mol. The molecule has 0 radical (unpaired) electrons. The molecule has 0 aliphatic carbocycles. The van der Waals surface area contributed by atoms with Crippen LogP contribution in [0.2, 0.25) is 5.02 Å². The van der Waals surface area contributed by atoms with Gasteiger partial charge in [-0.3, -0.25) is 9.48 Å². The number of nitrogens with one attached hydrogen (secondary N) is 1. The van der Waals surface area contributed by atoms with Crippen molar-refractivity contribution in [2.45, 2.75) is 25.8 Å². The molecule has 1 aliphatic rings. The Kier molecular flexibility index (Phi) is 3.48. The van der Waals surface area contributed by atoms with E-state index in [1.165, 1.54) is 6.20 Å². The van der Waals surface area contributed by atoms with Crippen LogP contribution in [0.4, 0.5) is 0 Å². The molecule has 1 saturated heterocycles. The van der Waals surface area contributed by atoms with Crippen LogP contribution in [0.15, 0.2) is 18.6 Å². The van der Waals surface area contributed by atoms with E-state index in [9.17, 15) is 4.79 Å². The van der Waals surface area contributed by atoms with E-state index >= 15 is 0 Å². The second-order valence-corrected chi connectivity index (χ2v) is 5.57. The molecule has 1 N–H and O–H groups in total. The molecule has 1 fully saturated rings. The number of amides is 1. The van der Waals surface area contributed by atoms with Crippen LogP contribution in [0.1, 0.15) is 23.9 Å². The molecule has 1 aliphatic heterocycles. The molecule has 0 spiro atoms. The van der Waals surface area contributed by atoms with Crippen LogP contribution in [0, 0.1) is 6.92 Å². The standard InChI is InChI=1S/C13H16ClN5O/c1-9-4-15-13(17-9)10-2-3-18(6-10)12(20)8-19-7-11(14)5-16-19/h4-5,7,10H,2-3,6,8H2,1H3,(H,15,17). The van der Waals surface area contributed by atoms with Gasteiger partial charge in [0.15, 0.2) is 0 Å². The lowest BCUT2D eigenvalue weighted by Crippen LogP contribution is -2.31. The van der Waals surface area contributed by atoms with Gasteiger partial charge in [-0.05, 0) is 13.3 Å². The summed E-state index contributed by atoms with van der Waals surface area (Å²) in [5, 5.41) is 4.57. The molecule has 7 heteroatoms. The number of likely N-dealkylation sites (tertiary alicyclic amines) is 1. The molecule has 2 aromatic rings. The summed E-state index contributed by atoms with van der Waals surface area (Å²) in [5.74, 6) is 1.34. The predicted molar refractivity (Wildman–Crippen MR) is 74.5 cm³/mol. The van der Waals surface area contributed by atoms with Gasteiger partial charge in [0.1, 0.15) is 12.4 Å². The minimum absolute atomic E-state index is 0.0653. The lowest BCUT2D eigenvalue weighted by molar-refractivity contribution is -0.131. The number of carbonyl (C=O) groups is 1. The van der Waals surface area contributed by atoms with E-state index in [2.05, 4.69) is 15.1 Å². The van der Waals surface area contributed by atoms with Gasteiger partial charge in [-0.25, -0.2) is 4.98 Å². The number of aromatic amines is 1. The molecular formula is C13H16ClN5O. The molecule has 3 rings (SSSR count). The Morgan fingerprint density at radius 1 is 1.55 bits per heavy atom. The van der Waals surface area contributed by atoms with Crippen molar-refractivity contribution in [3.8, 4) is 0 Å². The second-order valence-electron chi connectivity index (χ2n) is 5.13. The van der Waals surface area contributed by atoms with Crippen molar-refractivity contribution >= 4 is 17.5 Å². The van der Waals surface area contributed by atoms with Crippen LogP contribution >= 0.6 is 11.6 Å². The Hall–Kier alpha value is -1.82. The van der Waals surface area contributed by atoms with E-state index in [0.29, 0.717) is 17.5 Å². The first-order valence-electron chi connectivity index (χ1n) is 6.59. The molecule has 106 valence electrons. The number of rotatable bonds is 3. The lowest BCUT2D eigenvalue weighted by Gasteiger charge is -2.16. The normalized spacial score (nSPS) is 18.7. The number of hydrogen-bond acceptors (Lipinski definition) is 3. The molecule has 20 heavy (non-hydrogen) atoms. The molecule has 1 amide bonds. The number of aromatic nitrogens is 4. The minimum atomic E-state index is 0.0653. The number of aryl methyl sites for hydroxylation is 1. The maximum Gasteiger partial charge on any atom is 0.244 e. The van der Waals surface area contributed by atoms with E-state index in [4.69, 9.17) is 11.6 Å². The smallest absolute Gasteiger partial charge is 0.244 e. The largest absolute Gasteiger partial charge is 0.346 e. The quantitative estimate of drug-likeness (QED) is 0.934. The van der Waals surface area contributed by atoms with Gasteiger partial charge in [0, 0.05) is 37.1 Å². The SMILES string of the molecule is Cc1cnc(C2CCN(C(=O)Cn3cc(Cl)cn3)C2)[nH]1. The van der Waals surface area contributed by atoms with Gasteiger partial charge < -0.3 is 9.88 Å². The molecule has 1 atom stereocenters. The van der Waals surface area contributed by atoms with Crippen molar-refractivity contribution in [3.63, 3.8) is 0 Å². The number of hydrogen-bond donors (Lipinski definition) is 1. The van der Waals surface area contributed by atoms with Crippen LogP contribution in [-0.4, -0.2) is 43.6 Å². The Morgan fingerprint density at radius 3 is 3.05 bits per heavy atom. The summed E-state index contributed by atoms with van der Waals surface area (Å²) in [6.45, 7) is 3.69. The van der Waals surface area contributed by atoms with E-state index in [-0.39, 0.29) is 12.5 Å². The number of nitrogens with zero attached hydrogens (tertiary/aromatic N) is 4. The van der Waals surface area contributed by atoms with Gasteiger partial charge in [-0.2, -0.15) is 5.10 Å². The fourth-order valence-electron chi connectivity index (χ4n) is 2.51. The van der Waals surface area contributed by atoms with Crippen molar-refractivity contribution in [1.29, 1.82) is 0 Å². The summed E-state index contributed by atoms with van der Waals surface area (Å²) in [5.41, 5.74) is 1.05. The predicted octanol–water partition coefficient (Wildman–Crippen LogP) is 1.58. The van der Waals surface area contributed by atoms with Gasteiger partial charge in [0.2, 0.25) is 5.91 Å². The third-order valence-electron chi connectivity index (χ3n) is 3.55. The van der Waals surface area contributed by atoms with Crippen molar-refractivity contribution in [2.75, 3.05) is 13.1 Å². The van der Waals surface area contributed by atoms with Crippen LogP contribution in [0.25, 0.3) is 0 Å². The summed E-state index contributed by atoms with van der Waals surface area (Å²) < 4.78 is 1.56. The summed E-state index contributed by atoms with van der Waals surface area (Å²) in [6.07, 6.45) is 5.96. The molecule has 0 bridgehead atoms. The maximum absolute atomic E-state index is 12.2. The van der Waals surface area contributed by atoms with E-state index in [0.717, 1.165) is 24.5 Å². The Balaban J connectivity index is 1.60. The zero-order valence-corrected chi connectivity index (χ0v) is 12.0. The molecule has 1 unspecified atom stereocenters. The second kappa shape index (κ2) is 5.28. The van der Waals surface area contributed by atoms with Gasteiger partial charge in [0.25, 0.3) is 0 Å². The fourth-order valence-corrected chi connectivity index (χ4v) is 2.67. The average Bonchev–Trinajstić information content (AvgIpc) is 3.10. The summed E-state index contributed by atoms with van der Waals surface area (Å²) in [7, 11) is 0. The van der Waals surface area contributed by atoms with Crippen molar-refractivity contribution < 1.29 is 4.79 Å². The molecule has 0 saturated carbocycles. The molecule has 6 nitrogen and oxygen atoms in total. The van der Waals surface area contributed by atoms with Crippen LogP contribution < -0.4 is 0 Å². The highest BCUT2D eigenvalue weighted by Crippen LogP contribution is 2.25. The van der Waals surface area contributed by atoms with Crippen LogP contribution in [0.3, 0.4) is 0 Å². The summed E-state index contributed by atoms with van der Waals surface area (Å²) >= 11 is 5.79. The number of carbonyl (C=O) groups excluding carboxylic acids is 1. The van der Waals surface area contributed by atoms with Crippen LogP contribution in [0.5, 0.6) is 0 Å². The van der Waals surface area contributed by atoms with E-state index < -0.39 is 0 Å². The van der Waals surface area contributed by atoms with Gasteiger partial charge >= 0.3 is 0 Å². The van der Waals surface area contributed by atoms with Crippen molar-refractivity contribution in [1.82, 2.24) is 24.6 Å². The Morgan fingerprint density at radius 2 is 2.40 bits per heavy atom. The molecule has 0 aromatic carbocycles. The van der Waals surface area contributed by atoms with E-state index in [1.54, 1.807) is 10.9 Å². The van der Waals surface area contributed by atoms with Gasteiger partial charge in [-0.15, -0.1) is 0 Å². The zero-order valence-electron chi connectivity index (χ0n) is 11.2. The molecule has 2 aromatic heterocycles. The highest BCUT2D eigenvalue weighted by Gasteiger charge is 2.29. The van der Waals surface area contributed by atoms with Gasteiger partial charge in [0.05, 0.1) is 11.2 Å². The number of H-pyrrole nitrogens is 1. The number of halogens is 1. The highest BCUT2D eigenvalue weighted by atomic mass is 35.5. The Labute approximate surface area is 121 Å². The first-order chi connectivity index (χ1) is 9.61. The Bertz CT molecular complexity index is 620. The molecule has 3 heterocycles. The third kappa shape index (κ3) is 2.70. The molecular weight excluding hydrogens is 278 g/mol. The third-order valence-corrected chi connectivity index (χ3v) is 3.74. The highest BCUT2D eigenvalue weighted by molar-refractivity contribution is 6.30. The monoisotopic (exact) mass is 293 g/mol. The van der Waals surface area contributed by atoms with Crippen molar-refractivity contribution in [2.24, 2.45) is 0 Å². The van der Waals surface area contributed by atoms with E-state index in [1.807, 2.05) is 18.0 Å². The number of imidazole rings is 1. The van der Waals surface area contributed by atoms with Crippen LogP contribution in [-0.2, 0) is 11.3 Å². The van der Waals surface area contributed by atoms with Crippen molar-refractivity contribution in [3.05, 3.63) is 35.1 Å². The van der Waals surface area contributed by atoms with Gasteiger partial charge in [-0.1, -0.05) is 11.6 Å². The summed E-state index contributed by atoms with van der Waals surface area (Å²) in [4.78, 5) is 21.7. The first-order valence-corrected chi connectivity index (χ1v) is 6.97. The first kappa shape index (κ1) is 13.2. The summed E-state index contributed by atoms with van der Waals surface area (Å²) in [6, 6.07) is 0.